The maximum Gasteiger partial charge on any atom is 0.343 e. The predicted octanol–water partition coefficient (Wildman–Crippen LogP) is 9.30. The predicted molar refractivity (Wildman–Crippen MR) is 183 cm³/mol. The Balaban J connectivity index is 1.22. The van der Waals surface area contributed by atoms with E-state index in [1.54, 1.807) is 60.7 Å². The molecule has 4 aromatic rings. The van der Waals surface area contributed by atoms with Gasteiger partial charge in [0.15, 0.2) is 0 Å². The zero-order valence-corrected chi connectivity index (χ0v) is 27.2. The van der Waals surface area contributed by atoms with Crippen molar-refractivity contribution in [3.8, 4) is 23.0 Å². The maximum atomic E-state index is 12.8. The summed E-state index contributed by atoms with van der Waals surface area (Å²) in [6, 6.07) is 26.5. The highest BCUT2D eigenvalue weighted by Crippen LogP contribution is 2.21. The van der Waals surface area contributed by atoms with Crippen LogP contribution < -0.4 is 24.3 Å². The van der Waals surface area contributed by atoms with Crippen molar-refractivity contribution in [2.24, 2.45) is 0 Å². The summed E-state index contributed by atoms with van der Waals surface area (Å²) in [5.41, 5.74) is 1.70. The van der Waals surface area contributed by atoms with Crippen LogP contribution in [0, 0.1) is 0 Å². The van der Waals surface area contributed by atoms with Crippen molar-refractivity contribution in [2.75, 3.05) is 18.5 Å². The van der Waals surface area contributed by atoms with E-state index in [1.165, 1.54) is 49.9 Å². The second kappa shape index (κ2) is 18.8. The van der Waals surface area contributed by atoms with Gasteiger partial charge in [-0.2, -0.15) is 0 Å². The molecular weight excluding hydrogens is 594 g/mol. The van der Waals surface area contributed by atoms with Crippen LogP contribution in [0.4, 0.5) is 5.69 Å². The molecule has 0 bridgehead atoms. The lowest BCUT2D eigenvalue weighted by molar-refractivity contribution is 0.0730. The summed E-state index contributed by atoms with van der Waals surface area (Å²) in [5, 5.41) is 2.88. The number of rotatable bonds is 18. The van der Waals surface area contributed by atoms with Crippen LogP contribution in [0.15, 0.2) is 97.1 Å². The first-order valence-electron chi connectivity index (χ1n) is 16.4. The normalized spacial score (nSPS) is 10.6. The fourth-order valence-corrected chi connectivity index (χ4v) is 4.63. The minimum absolute atomic E-state index is 0.277. The van der Waals surface area contributed by atoms with E-state index in [9.17, 15) is 14.4 Å². The minimum Gasteiger partial charge on any atom is -0.494 e. The van der Waals surface area contributed by atoms with E-state index in [4.69, 9.17) is 18.9 Å². The van der Waals surface area contributed by atoms with E-state index in [0.717, 1.165) is 25.7 Å². The van der Waals surface area contributed by atoms with Crippen molar-refractivity contribution in [1.29, 1.82) is 0 Å². The van der Waals surface area contributed by atoms with E-state index in [-0.39, 0.29) is 17.2 Å². The Morgan fingerprint density at radius 3 is 1.60 bits per heavy atom. The number of esters is 2. The molecule has 0 heterocycles. The quantitative estimate of drug-likeness (QED) is 0.0659. The SMILES string of the molecule is CCCCCCCCOc1cccc(NC(=O)c2ccc(OC(=O)c3ccc(OC(=O)c4ccc(OCCCC)cc4)cc3)cc2)c1. The van der Waals surface area contributed by atoms with Crippen LogP contribution in [0.2, 0.25) is 0 Å². The van der Waals surface area contributed by atoms with Crippen LogP contribution in [-0.2, 0) is 0 Å². The van der Waals surface area contributed by atoms with Gasteiger partial charge in [-0.1, -0.05) is 58.4 Å². The molecule has 0 unspecified atom stereocenters. The lowest BCUT2D eigenvalue weighted by Gasteiger charge is -2.10. The molecule has 0 aliphatic carbocycles. The topological polar surface area (TPSA) is 100 Å². The zero-order chi connectivity index (χ0) is 33.3. The van der Waals surface area contributed by atoms with Crippen LogP contribution in [-0.4, -0.2) is 31.1 Å². The number of hydrogen-bond donors (Lipinski definition) is 1. The molecule has 0 radical (unpaired) electrons. The number of hydrogen-bond acceptors (Lipinski definition) is 7. The Kier molecular flexibility index (Phi) is 13.9. The highest BCUT2D eigenvalue weighted by molar-refractivity contribution is 6.04. The van der Waals surface area contributed by atoms with Gasteiger partial charge in [-0.3, -0.25) is 4.79 Å². The average Bonchev–Trinajstić information content (AvgIpc) is 3.09. The van der Waals surface area contributed by atoms with Gasteiger partial charge in [-0.05, 0) is 97.8 Å². The molecule has 0 saturated carbocycles. The Hall–Kier alpha value is -5.11. The Bertz CT molecular complexity index is 1560. The molecule has 0 atom stereocenters. The summed E-state index contributed by atoms with van der Waals surface area (Å²) < 4.78 is 22.4. The number of anilines is 1. The van der Waals surface area contributed by atoms with Crippen molar-refractivity contribution in [1.82, 2.24) is 0 Å². The van der Waals surface area contributed by atoms with Crippen molar-refractivity contribution < 1.29 is 33.3 Å². The van der Waals surface area contributed by atoms with E-state index >= 15 is 0 Å². The van der Waals surface area contributed by atoms with Gasteiger partial charge < -0.3 is 24.3 Å². The molecule has 4 aromatic carbocycles. The van der Waals surface area contributed by atoms with Crippen LogP contribution in [0.1, 0.15) is 96.3 Å². The third-order valence-electron chi connectivity index (χ3n) is 7.34. The Labute approximate surface area is 277 Å². The summed E-state index contributed by atoms with van der Waals surface area (Å²) >= 11 is 0. The summed E-state index contributed by atoms with van der Waals surface area (Å²) in [6.07, 6.45) is 9.16. The molecule has 0 aromatic heterocycles. The number of nitrogens with one attached hydrogen (secondary N) is 1. The molecule has 0 fully saturated rings. The van der Waals surface area contributed by atoms with Gasteiger partial charge >= 0.3 is 11.9 Å². The second-order valence-electron chi connectivity index (χ2n) is 11.2. The van der Waals surface area contributed by atoms with E-state index in [1.807, 2.05) is 12.1 Å². The summed E-state index contributed by atoms with van der Waals surface area (Å²) in [5.74, 6) is 0.585. The van der Waals surface area contributed by atoms with Crippen molar-refractivity contribution in [2.45, 2.75) is 65.2 Å². The maximum absolute atomic E-state index is 12.8. The van der Waals surface area contributed by atoms with Gasteiger partial charge in [0, 0.05) is 17.3 Å². The molecule has 246 valence electrons. The summed E-state index contributed by atoms with van der Waals surface area (Å²) in [4.78, 5) is 38.1. The number of amides is 1. The van der Waals surface area contributed by atoms with E-state index in [0.29, 0.717) is 47.3 Å². The van der Waals surface area contributed by atoms with Crippen molar-refractivity contribution >= 4 is 23.5 Å². The van der Waals surface area contributed by atoms with Crippen LogP contribution >= 0.6 is 0 Å². The molecule has 8 heteroatoms. The Morgan fingerprint density at radius 1 is 0.511 bits per heavy atom. The fraction of sp³-hybridized carbons (Fsp3) is 0.308. The molecule has 47 heavy (non-hydrogen) atoms. The summed E-state index contributed by atoms with van der Waals surface area (Å²) in [7, 11) is 0. The largest absolute Gasteiger partial charge is 0.494 e. The van der Waals surface area contributed by atoms with Gasteiger partial charge in [0.2, 0.25) is 0 Å². The van der Waals surface area contributed by atoms with Gasteiger partial charge in [0.1, 0.15) is 23.0 Å². The third-order valence-corrected chi connectivity index (χ3v) is 7.34. The van der Waals surface area contributed by atoms with E-state index < -0.39 is 11.9 Å². The number of ether oxygens (including phenoxy) is 4. The molecule has 4 rings (SSSR count). The van der Waals surface area contributed by atoms with Crippen LogP contribution in [0.3, 0.4) is 0 Å². The molecule has 1 amide bonds. The monoisotopic (exact) mass is 637 g/mol. The van der Waals surface area contributed by atoms with Crippen molar-refractivity contribution in [3.05, 3.63) is 114 Å². The molecular formula is C39H43NO7. The fourth-order valence-electron chi connectivity index (χ4n) is 4.63. The summed E-state index contributed by atoms with van der Waals surface area (Å²) in [6.45, 7) is 5.57. The van der Waals surface area contributed by atoms with Crippen molar-refractivity contribution in [3.63, 3.8) is 0 Å². The third kappa shape index (κ3) is 11.6. The molecule has 0 saturated heterocycles. The number of carbonyl (C=O) groups excluding carboxylic acids is 3. The second-order valence-corrected chi connectivity index (χ2v) is 11.2. The first-order valence-corrected chi connectivity index (χ1v) is 16.4. The number of carbonyl (C=O) groups is 3. The van der Waals surface area contributed by atoms with Gasteiger partial charge in [-0.15, -0.1) is 0 Å². The lowest BCUT2D eigenvalue weighted by Crippen LogP contribution is -2.12. The van der Waals surface area contributed by atoms with E-state index in [2.05, 4.69) is 19.2 Å². The molecule has 1 N–H and O–H groups in total. The standard InChI is InChI=1S/C39H43NO7/c1-3-5-7-8-9-10-27-45-36-13-11-12-32(28-36)40-37(41)29-14-22-34(23-15-29)46-39(43)31-18-24-35(25-19-31)47-38(42)30-16-20-33(21-17-30)44-26-6-4-2/h11-25,28H,3-10,26-27H2,1-2H3,(H,40,41). The first-order chi connectivity index (χ1) is 22.9. The number of unbranched alkanes of at least 4 members (excludes halogenated alkanes) is 6. The molecule has 0 spiro atoms. The molecule has 0 aliphatic heterocycles. The average molecular weight is 638 g/mol. The minimum atomic E-state index is -0.587. The lowest BCUT2D eigenvalue weighted by atomic mass is 10.1. The van der Waals surface area contributed by atoms with Crippen LogP contribution in [0.5, 0.6) is 23.0 Å². The smallest absolute Gasteiger partial charge is 0.343 e. The zero-order valence-electron chi connectivity index (χ0n) is 27.2. The first kappa shape index (κ1) is 34.8. The van der Waals surface area contributed by atoms with Gasteiger partial charge in [0.05, 0.1) is 24.3 Å². The van der Waals surface area contributed by atoms with Gasteiger partial charge in [-0.25, -0.2) is 9.59 Å². The van der Waals surface area contributed by atoms with Crippen LogP contribution in [0.25, 0.3) is 0 Å². The van der Waals surface area contributed by atoms with Gasteiger partial charge in [0.25, 0.3) is 5.91 Å². The molecule has 8 nitrogen and oxygen atoms in total. The highest BCUT2D eigenvalue weighted by Gasteiger charge is 2.13. The Morgan fingerprint density at radius 2 is 1.00 bits per heavy atom. The number of benzene rings is 4. The molecule has 0 aliphatic rings. The highest BCUT2D eigenvalue weighted by atomic mass is 16.5.